The second-order valence-corrected chi connectivity index (χ2v) is 8.44. The molecular weight excluding hydrogens is 296 g/mol. The number of nitrogens with one attached hydrogen (secondary N) is 1. The highest BCUT2D eigenvalue weighted by molar-refractivity contribution is 7.99. The minimum atomic E-state index is 0.0968. The van der Waals surface area contributed by atoms with Gasteiger partial charge in [-0.25, -0.2) is 4.79 Å². The van der Waals surface area contributed by atoms with Gasteiger partial charge in [0.25, 0.3) is 0 Å². The molecule has 2 amide bonds. The van der Waals surface area contributed by atoms with Crippen molar-refractivity contribution < 1.29 is 9.90 Å². The molecule has 2 saturated carbocycles. The van der Waals surface area contributed by atoms with Crippen LogP contribution < -0.4 is 5.32 Å². The van der Waals surface area contributed by atoms with Gasteiger partial charge < -0.3 is 15.3 Å². The third-order valence-electron chi connectivity index (χ3n) is 5.30. The van der Waals surface area contributed by atoms with E-state index in [4.69, 9.17) is 0 Å². The van der Waals surface area contributed by atoms with Crippen LogP contribution in [-0.4, -0.2) is 52.8 Å². The summed E-state index contributed by atoms with van der Waals surface area (Å²) in [4.78, 5) is 14.4. The van der Waals surface area contributed by atoms with Crippen LogP contribution in [0.3, 0.4) is 0 Å². The van der Waals surface area contributed by atoms with Crippen molar-refractivity contribution in [3.8, 4) is 0 Å². The van der Waals surface area contributed by atoms with Crippen LogP contribution in [0.15, 0.2) is 0 Å². The molecule has 0 saturated heterocycles. The van der Waals surface area contributed by atoms with Gasteiger partial charge in [-0.2, -0.15) is 11.8 Å². The van der Waals surface area contributed by atoms with Gasteiger partial charge in [-0.1, -0.05) is 13.3 Å². The molecule has 2 aliphatic carbocycles. The van der Waals surface area contributed by atoms with E-state index in [2.05, 4.69) is 12.2 Å². The van der Waals surface area contributed by atoms with Crippen molar-refractivity contribution in [1.82, 2.24) is 10.2 Å². The van der Waals surface area contributed by atoms with Crippen LogP contribution in [-0.2, 0) is 0 Å². The molecule has 22 heavy (non-hydrogen) atoms. The van der Waals surface area contributed by atoms with Crippen molar-refractivity contribution in [2.24, 2.45) is 5.92 Å². The van der Waals surface area contributed by atoms with Gasteiger partial charge >= 0.3 is 6.03 Å². The van der Waals surface area contributed by atoms with Crippen molar-refractivity contribution in [1.29, 1.82) is 0 Å². The van der Waals surface area contributed by atoms with E-state index in [9.17, 15) is 9.90 Å². The molecule has 2 rings (SSSR count). The summed E-state index contributed by atoms with van der Waals surface area (Å²) in [6.07, 6.45) is 8.89. The lowest BCUT2D eigenvalue weighted by atomic mass is 9.86. The Morgan fingerprint density at radius 2 is 1.95 bits per heavy atom. The summed E-state index contributed by atoms with van der Waals surface area (Å²) < 4.78 is 0. The zero-order chi connectivity index (χ0) is 15.9. The molecule has 0 aliphatic heterocycles. The molecule has 128 valence electrons. The second kappa shape index (κ2) is 9.02. The van der Waals surface area contributed by atoms with Crippen LogP contribution in [0.25, 0.3) is 0 Å². The first kappa shape index (κ1) is 17.9. The molecule has 2 fully saturated rings. The Balaban J connectivity index is 1.76. The van der Waals surface area contributed by atoms with Crippen molar-refractivity contribution >= 4 is 17.8 Å². The highest BCUT2D eigenvalue weighted by Gasteiger charge is 2.28. The Morgan fingerprint density at radius 3 is 2.59 bits per heavy atom. The van der Waals surface area contributed by atoms with Gasteiger partial charge in [0.15, 0.2) is 0 Å². The van der Waals surface area contributed by atoms with Crippen molar-refractivity contribution in [3.63, 3.8) is 0 Å². The molecule has 0 spiro atoms. The van der Waals surface area contributed by atoms with Crippen LogP contribution in [0.1, 0.15) is 58.3 Å². The molecular formula is C17H32N2O2S. The Kier molecular flexibility index (Phi) is 7.35. The maximum Gasteiger partial charge on any atom is 0.317 e. The number of thioether (sulfide) groups is 1. The Bertz CT molecular complexity index is 344. The molecule has 2 aliphatic rings. The number of hydrogen-bond acceptors (Lipinski definition) is 3. The maximum absolute atomic E-state index is 12.5. The van der Waals surface area contributed by atoms with Gasteiger partial charge in [-0.05, 0) is 56.6 Å². The predicted octanol–water partition coefficient (Wildman–Crippen LogP) is 3.24. The fourth-order valence-electron chi connectivity index (χ4n) is 3.82. The first-order valence-corrected chi connectivity index (χ1v) is 9.94. The molecule has 2 atom stereocenters. The van der Waals surface area contributed by atoms with Gasteiger partial charge in [-0.3, -0.25) is 0 Å². The number of aliphatic hydroxyl groups is 1. The summed E-state index contributed by atoms with van der Waals surface area (Å²) in [6, 6.07) is 0.785. The normalized spacial score (nSPS) is 32.5. The summed E-state index contributed by atoms with van der Waals surface area (Å²) in [5.74, 6) is 1.61. The summed E-state index contributed by atoms with van der Waals surface area (Å²) in [7, 11) is 1.93. The highest BCUT2D eigenvalue weighted by Crippen LogP contribution is 2.29. The quantitative estimate of drug-likeness (QED) is 0.814. The molecule has 2 unspecified atom stereocenters. The van der Waals surface area contributed by atoms with Gasteiger partial charge in [-0.15, -0.1) is 0 Å². The van der Waals surface area contributed by atoms with Gasteiger partial charge in [0.1, 0.15) is 0 Å². The van der Waals surface area contributed by atoms with E-state index in [0.29, 0.717) is 29.9 Å². The van der Waals surface area contributed by atoms with E-state index in [1.54, 1.807) is 0 Å². The van der Waals surface area contributed by atoms with Crippen molar-refractivity contribution in [3.05, 3.63) is 0 Å². The van der Waals surface area contributed by atoms with E-state index in [1.807, 2.05) is 23.7 Å². The fraction of sp³-hybridized carbons (Fsp3) is 0.941. The van der Waals surface area contributed by atoms with Crippen LogP contribution >= 0.6 is 11.8 Å². The molecule has 0 bridgehead atoms. The number of amides is 2. The van der Waals surface area contributed by atoms with Crippen LogP contribution in [0.2, 0.25) is 0 Å². The third-order valence-corrected chi connectivity index (χ3v) is 6.53. The summed E-state index contributed by atoms with van der Waals surface area (Å²) in [5, 5.41) is 13.2. The molecule has 4 nitrogen and oxygen atoms in total. The highest BCUT2D eigenvalue weighted by atomic mass is 32.2. The van der Waals surface area contributed by atoms with Gasteiger partial charge in [0.05, 0.1) is 0 Å². The van der Waals surface area contributed by atoms with Crippen LogP contribution in [0, 0.1) is 5.92 Å². The number of aliphatic hydroxyl groups excluding tert-OH is 1. The smallest absolute Gasteiger partial charge is 0.317 e. The van der Waals surface area contributed by atoms with Crippen LogP contribution in [0.5, 0.6) is 0 Å². The van der Waals surface area contributed by atoms with Crippen molar-refractivity contribution in [2.45, 2.75) is 75.6 Å². The lowest BCUT2D eigenvalue weighted by Crippen LogP contribution is -2.49. The van der Waals surface area contributed by atoms with E-state index in [1.165, 1.54) is 18.6 Å². The maximum atomic E-state index is 12.5. The minimum absolute atomic E-state index is 0.0968. The Labute approximate surface area is 139 Å². The average molecular weight is 329 g/mol. The average Bonchev–Trinajstić information content (AvgIpc) is 2.55. The molecule has 0 aromatic carbocycles. The summed E-state index contributed by atoms with van der Waals surface area (Å²) in [6.45, 7) is 2.50. The number of hydrogen-bond donors (Lipinski definition) is 2. The lowest BCUT2D eigenvalue weighted by Gasteiger charge is -2.36. The first-order chi connectivity index (χ1) is 10.6. The van der Waals surface area contributed by atoms with E-state index in [0.717, 1.165) is 38.5 Å². The molecule has 0 aromatic heterocycles. The molecule has 0 radical (unpaired) electrons. The third kappa shape index (κ3) is 5.05. The topological polar surface area (TPSA) is 52.6 Å². The Hall–Kier alpha value is -0.420. The number of carbonyl (C=O) groups excluding carboxylic acids is 1. The molecule has 2 N–H and O–H groups in total. The number of carbonyl (C=O) groups is 1. The molecule has 0 heterocycles. The Morgan fingerprint density at radius 1 is 1.23 bits per heavy atom. The number of urea groups is 1. The minimum Gasteiger partial charge on any atom is -0.396 e. The lowest BCUT2D eigenvalue weighted by molar-refractivity contribution is 0.131. The first-order valence-electron chi connectivity index (χ1n) is 8.89. The fourth-order valence-corrected chi connectivity index (χ4v) is 4.99. The number of rotatable bonds is 5. The summed E-state index contributed by atoms with van der Waals surface area (Å²) in [5.41, 5.74) is 0. The predicted molar refractivity (Wildman–Crippen MR) is 93.3 cm³/mol. The van der Waals surface area contributed by atoms with Crippen molar-refractivity contribution in [2.75, 3.05) is 19.4 Å². The van der Waals surface area contributed by atoms with E-state index < -0.39 is 0 Å². The van der Waals surface area contributed by atoms with Crippen LogP contribution in [0.4, 0.5) is 4.79 Å². The SMILES string of the molecule is CCSC1CCCC(NC(=O)N(C)C2CCC(CO)CC2)C1. The standard InChI is InChI=1S/C17H32N2O2S/c1-3-22-16-6-4-5-14(11-16)18-17(21)19(2)15-9-7-13(12-20)8-10-15/h13-16,20H,3-12H2,1-2H3,(H,18,21). The molecule has 5 heteroatoms. The van der Waals surface area contributed by atoms with Gasteiger partial charge in [0, 0.05) is 31.0 Å². The second-order valence-electron chi connectivity index (χ2n) is 6.86. The van der Waals surface area contributed by atoms with Gasteiger partial charge in [0.2, 0.25) is 0 Å². The van der Waals surface area contributed by atoms with E-state index in [-0.39, 0.29) is 6.03 Å². The monoisotopic (exact) mass is 328 g/mol. The number of nitrogens with zero attached hydrogens (tertiary/aromatic N) is 1. The van der Waals surface area contributed by atoms with E-state index >= 15 is 0 Å². The molecule has 0 aromatic rings. The summed E-state index contributed by atoms with van der Waals surface area (Å²) >= 11 is 2.03. The zero-order valence-electron chi connectivity index (χ0n) is 14.1. The zero-order valence-corrected chi connectivity index (χ0v) is 14.9. The largest absolute Gasteiger partial charge is 0.396 e.